The predicted octanol–water partition coefficient (Wildman–Crippen LogP) is 2.37. The van der Waals surface area contributed by atoms with Crippen molar-refractivity contribution < 1.29 is 14.6 Å². The fourth-order valence-electron chi connectivity index (χ4n) is 1.91. The van der Waals surface area contributed by atoms with E-state index < -0.39 is 0 Å². The highest BCUT2D eigenvalue weighted by atomic mass is 16.5. The highest BCUT2D eigenvalue weighted by molar-refractivity contribution is 5.90. The molecule has 110 valence electrons. The molecule has 3 N–H and O–H groups in total. The number of hydrogen-bond acceptors (Lipinski definition) is 3. The fraction of sp³-hybridized carbons (Fsp3) is 0.533. The van der Waals surface area contributed by atoms with Gasteiger partial charge in [-0.1, -0.05) is 19.1 Å². The minimum Gasteiger partial charge on any atom is -0.491 e. The third kappa shape index (κ3) is 3.87. The second kappa shape index (κ2) is 6.61. The smallest absolute Gasteiger partial charge is 0.319 e. The summed E-state index contributed by atoms with van der Waals surface area (Å²) in [5, 5.41) is 14.8. The van der Waals surface area contributed by atoms with E-state index in [1.54, 1.807) is 0 Å². The number of aliphatic hydroxyl groups excluding tert-OH is 1. The van der Waals surface area contributed by atoms with Crippen LogP contribution in [-0.2, 0) is 0 Å². The zero-order valence-corrected chi connectivity index (χ0v) is 11.8. The van der Waals surface area contributed by atoms with Crippen LogP contribution in [0, 0.1) is 5.41 Å². The van der Waals surface area contributed by atoms with E-state index in [1.807, 2.05) is 31.2 Å². The van der Waals surface area contributed by atoms with Gasteiger partial charge in [-0.2, -0.15) is 0 Å². The lowest BCUT2D eigenvalue weighted by molar-refractivity contribution is 0.206. The van der Waals surface area contributed by atoms with Crippen LogP contribution in [0.2, 0.25) is 0 Å². The van der Waals surface area contributed by atoms with Crippen LogP contribution < -0.4 is 15.4 Å². The molecule has 1 aliphatic carbocycles. The van der Waals surface area contributed by atoms with Gasteiger partial charge in [-0.3, -0.25) is 0 Å². The summed E-state index contributed by atoms with van der Waals surface area (Å²) in [6, 6.07) is 7.10. The number of amides is 2. The molecule has 0 atom stereocenters. The number of benzene rings is 1. The molecule has 2 amide bonds. The van der Waals surface area contributed by atoms with Crippen molar-refractivity contribution in [3.8, 4) is 5.75 Å². The monoisotopic (exact) mass is 278 g/mol. The first-order chi connectivity index (χ1) is 9.69. The number of para-hydroxylation sites is 2. The molecule has 1 aliphatic rings. The number of hydrogen-bond donors (Lipinski definition) is 3. The lowest BCUT2D eigenvalue weighted by Gasteiger charge is -2.15. The van der Waals surface area contributed by atoms with Crippen molar-refractivity contribution in [1.82, 2.24) is 5.32 Å². The molecule has 1 aromatic rings. The molecular formula is C15H22N2O3. The number of urea groups is 1. The summed E-state index contributed by atoms with van der Waals surface area (Å²) in [6.07, 6.45) is 2.86. The van der Waals surface area contributed by atoms with Crippen LogP contribution in [0.5, 0.6) is 5.75 Å². The van der Waals surface area contributed by atoms with E-state index in [0.717, 1.165) is 19.3 Å². The quantitative estimate of drug-likeness (QED) is 0.717. The molecule has 2 rings (SSSR count). The Morgan fingerprint density at radius 1 is 1.40 bits per heavy atom. The number of carbonyl (C=O) groups is 1. The number of ether oxygens (including phenoxy) is 1. The lowest BCUT2D eigenvalue weighted by atomic mass is 10.1. The summed E-state index contributed by atoms with van der Waals surface area (Å²) in [4.78, 5) is 11.9. The zero-order chi connectivity index (χ0) is 14.4. The van der Waals surface area contributed by atoms with Gasteiger partial charge in [-0.15, -0.1) is 0 Å². The molecule has 0 heterocycles. The topological polar surface area (TPSA) is 70.6 Å². The number of anilines is 1. The molecule has 0 aromatic heterocycles. The molecule has 20 heavy (non-hydrogen) atoms. The van der Waals surface area contributed by atoms with Crippen LogP contribution in [0.25, 0.3) is 0 Å². The zero-order valence-electron chi connectivity index (χ0n) is 11.8. The maximum atomic E-state index is 11.9. The third-order valence-corrected chi connectivity index (χ3v) is 3.51. The van der Waals surface area contributed by atoms with E-state index in [2.05, 4.69) is 10.6 Å². The Kier molecular flexibility index (Phi) is 4.84. The van der Waals surface area contributed by atoms with Crippen molar-refractivity contribution in [2.75, 3.05) is 25.1 Å². The average Bonchev–Trinajstić information content (AvgIpc) is 3.25. The summed E-state index contributed by atoms with van der Waals surface area (Å²) in [5.74, 6) is 0.674. The van der Waals surface area contributed by atoms with Gasteiger partial charge in [-0.25, -0.2) is 4.79 Å². The average molecular weight is 278 g/mol. The molecule has 0 saturated heterocycles. The van der Waals surface area contributed by atoms with E-state index >= 15 is 0 Å². The SMILES string of the molecule is CCCOc1ccccc1NC(=O)NCC1(CO)CC1. The summed E-state index contributed by atoms with van der Waals surface area (Å²) >= 11 is 0. The van der Waals surface area contributed by atoms with Crippen LogP contribution in [0.3, 0.4) is 0 Å². The van der Waals surface area contributed by atoms with Gasteiger partial charge in [0.15, 0.2) is 0 Å². The Labute approximate surface area is 119 Å². The van der Waals surface area contributed by atoms with Gasteiger partial charge in [-0.05, 0) is 31.4 Å². The first kappa shape index (κ1) is 14.7. The van der Waals surface area contributed by atoms with Gasteiger partial charge in [0.2, 0.25) is 0 Å². The standard InChI is InChI=1S/C15H22N2O3/c1-2-9-20-13-6-4-3-5-12(13)17-14(19)16-10-15(11-18)7-8-15/h3-6,18H,2,7-11H2,1H3,(H2,16,17,19). The van der Waals surface area contributed by atoms with Crippen molar-refractivity contribution in [1.29, 1.82) is 0 Å². The van der Waals surface area contributed by atoms with Crippen LogP contribution >= 0.6 is 0 Å². The van der Waals surface area contributed by atoms with E-state index in [9.17, 15) is 9.90 Å². The molecular weight excluding hydrogens is 256 g/mol. The van der Waals surface area contributed by atoms with Crippen LogP contribution in [0.1, 0.15) is 26.2 Å². The molecule has 1 fully saturated rings. The van der Waals surface area contributed by atoms with Crippen molar-refractivity contribution in [2.24, 2.45) is 5.41 Å². The molecule has 0 unspecified atom stereocenters. The Morgan fingerprint density at radius 3 is 2.80 bits per heavy atom. The van der Waals surface area contributed by atoms with Crippen LogP contribution in [0.15, 0.2) is 24.3 Å². The van der Waals surface area contributed by atoms with E-state index in [-0.39, 0.29) is 18.1 Å². The van der Waals surface area contributed by atoms with Crippen molar-refractivity contribution in [3.63, 3.8) is 0 Å². The summed E-state index contributed by atoms with van der Waals surface area (Å²) in [6.45, 7) is 3.29. The van der Waals surface area contributed by atoms with Gasteiger partial charge >= 0.3 is 6.03 Å². The fourth-order valence-corrected chi connectivity index (χ4v) is 1.91. The van der Waals surface area contributed by atoms with Gasteiger partial charge in [0.25, 0.3) is 0 Å². The van der Waals surface area contributed by atoms with Gasteiger partial charge in [0, 0.05) is 12.0 Å². The molecule has 5 nitrogen and oxygen atoms in total. The summed E-state index contributed by atoms with van der Waals surface area (Å²) in [7, 11) is 0. The highest BCUT2D eigenvalue weighted by Gasteiger charge is 2.42. The van der Waals surface area contributed by atoms with E-state index in [1.165, 1.54) is 0 Å². The Balaban J connectivity index is 1.87. The second-order valence-corrected chi connectivity index (χ2v) is 5.31. The molecule has 0 radical (unpaired) electrons. The first-order valence-corrected chi connectivity index (χ1v) is 7.07. The lowest BCUT2D eigenvalue weighted by Crippen LogP contribution is -2.35. The van der Waals surface area contributed by atoms with Gasteiger partial charge < -0.3 is 20.5 Å². The minimum atomic E-state index is -0.266. The number of carbonyl (C=O) groups excluding carboxylic acids is 1. The molecule has 1 saturated carbocycles. The Morgan fingerprint density at radius 2 is 2.15 bits per heavy atom. The number of nitrogens with one attached hydrogen (secondary N) is 2. The summed E-state index contributed by atoms with van der Waals surface area (Å²) in [5.41, 5.74) is 0.572. The maximum absolute atomic E-state index is 11.9. The van der Waals surface area contributed by atoms with Crippen molar-refractivity contribution in [2.45, 2.75) is 26.2 Å². The normalized spacial score (nSPS) is 15.5. The maximum Gasteiger partial charge on any atom is 0.319 e. The molecule has 0 spiro atoms. The largest absolute Gasteiger partial charge is 0.491 e. The van der Waals surface area contributed by atoms with Gasteiger partial charge in [0.1, 0.15) is 5.75 Å². The van der Waals surface area contributed by atoms with Crippen molar-refractivity contribution >= 4 is 11.7 Å². The molecule has 0 bridgehead atoms. The minimum absolute atomic E-state index is 0.0877. The number of rotatable bonds is 7. The number of aliphatic hydroxyl groups is 1. The van der Waals surface area contributed by atoms with Crippen LogP contribution in [0.4, 0.5) is 10.5 Å². The Hall–Kier alpha value is -1.75. The highest BCUT2D eigenvalue weighted by Crippen LogP contribution is 2.44. The van der Waals surface area contributed by atoms with E-state index in [0.29, 0.717) is 24.6 Å². The van der Waals surface area contributed by atoms with E-state index in [4.69, 9.17) is 4.74 Å². The van der Waals surface area contributed by atoms with Gasteiger partial charge in [0.05, 0.1) is 18.9 Å². The van der Waals surface area contributed by atoms with Crippen molar-refractivity contribution in [3.05, 3.63) is 24.3 Å². The predicted molar refractivity (Wildman–Crippen MR) is 78.0 cm³/mol. The summed E-state index contributed by atoms with van der Waals surface area (Å²) < 4.78 is 5.58. The Bertz CT molecular complexity index is 458. The second-order valence-electron chi connectivity index (χ2n) is 5.31. The molecule has 5 heteroatoms. The van der Waals surface area contributed by atoms with Crippen LogP contribution in [-0.4, -0.2) is 30.9 Å². The third-order valence-electron chi connectivity index (χ3n) is 3.51. The first-order valence-electron chi connectivity index (χ1n) is 7.07. The molecule has 0 aliphatic heterocycles. The molecule has 1 aromatic carbocycles.